The molecule has 1 N–H and O–H groups in total. The summed E-state index contributed by atoms with van der Waals surface area (Å²) in [4.78, 5) is 8.98. The highest BCUT2D eigenvalue weighted by molar-refractivity contribution is 6.05. The molecule has 0 aliphatic rings. The zero-order chi connectivity index (χ0) is 13.4. The Bertz CT molecular complexity index is 738. The van der Waals surface area contributed by atoms with Crippen molar-refractivity contribution in [3.05, 3.63) is 30.1 Å². The van der Waals surface area contributed by atoms with Crippen LogP contribution in [0.1, 0.15) is 26.1 Å². The van der Waals surface area contributed by atoms with Gasteiger partial charge in [-0.1, -0.05) is 19.1 Å². The minimum atomic E-state index is 0. The summed E-state index contributed by atoms with van der Waals surface area (Å²) < 4.78 is 5.90. The van der Waals surface area contributed by atoms with Crippen LogP contribution >= 0.6 is 12.4 Å². The van der Waals surface area contributed by atoms with Crippen molar-refractivity contribution in [1.29, 1.82) is 0 Å². The first-order chi connectivity index (χ1) is 9.19. The second-order valence-corrected chi connectivity index (χ2v) is 4.85. The van der Waals surface area contributed by atoms with E-state index in [9.17, 15) is 0 Å². The Morgan fingerprint density at radius 1 is 1.25 bits per heavy atom. The van der Waals surface area contributed by atoms with E-state index in [-0.39, 0.29) is 12.4 Å². The fraction of sp³-hybridized carbons (Fsp3) is 0.333. The van der Waals surface area contributed by atoms with Gasteiger partial charge < -0.3 is 9.73 Å². The van der Waals surface area contributed by atoms with Gasteiger partial charge >= 0.3 is 0 Å². The predicted molar refractivity (Wildman–Crippen MR) is 84.7 cm³/mol. The molecule has 2 heterocycles. The van der Waals surface area contributed by atoms with E-state index in [4.69, 9.17) is 4.42 Å². The normalized spacial score (nSPS) is 12.3. The van der Waals surface area contributed by atoms with E-state index in [0.717, 1.165) is 40.1 Å². The lowest BCUT2D eigenvalue weighted by Crippen LogP contribution is -2.15. The lowest BCUT2D eigenvalue weighted by molar-refractivity contribution is 0.662. The molecule has 1 atom stereocenters. The van der Waals surface area contributed by atoms with Crippen LogP contribution in [-0.4, -0.2) is 16.0 Å². The van der Waals surface area contributed by atoms with Crippen molar-refractivity contribution in [3.8, 4) is 0 Å². The molecule has 0 bridgehead atoms. The number of anilines is 1. The van der Waals surface area contributed by atoms with Gasteiger partial charge in [-0.05, 0) is 32.4 Å². The lowest BCUT2D eigenvalue weighted by Gasteiger charge is -2.12. The molecular weight excluding hydrogens is 274 g/mol. The molecule has 3 rings (SSSR count). The van der Waals surface area contributed by atoms with Crippen LogP contribution in [-0.2, 0) is 0 Å². The molecule has 0 saturated carbocycles. The number of furan rings is 1. The summed E-state index contributed by atoms with van der Waals surface area (Å²) in [7, 11) is 0. The highest BCUT2D eigenvalue weighted by Gasteiger charge is 2.15. The lowest BCUT2D eigenvalue weighted by atomic mass is 10.2. The van der Waals surface area contributed by atoms with Crippen molar-refractivity contribution in [2.24, 2.45) is 0 Å². The minimum absolute atomic E-state index is 0. The van der Waals surface area contributed by atoms with Gasteiger partial charge in [0.1, 0.15) is 16.9 Å². The van der Waals surface area contributed by atoms with Gasteiger partial charge in [-0.2, -0.15) is 0 Å². The second kappa shape index (κ2) is 5.67. The first-order valence-corrected chi connectivity index (χ1v) is 6.61. The summed E-state index contributed by atoms with van der Waals surface area (Å²) in [5.74, 6) is 1.54. The quantitative estimate of drug-likeness (QED) is 0.781. The van der Waals surface area contributed by atoms with E-state index in [1.165, 1.54) is 0 Å². The molecule has 1 aromatic carbocycles. The topological polar surface area (TPSA) is 51.0 Å². The predicted octanol–water partition coefficient (Wildman–Crippen LogP) is 4.32. The average molecular weight is 292 g/mol. The van der Waals surface area contributed by atoms with Crippen LogP contribution in [0.3, 0.4) is 0 Å². The molecule has 0 aliphatic carbocycles. The number of benzene rings is 1. The van der Waals surface area contributed by atoms with Crippen molar-refractivity contribution in [1.82, 2.24) is 9.97 Å². The molecule has 0 amide bonds. The first kappa shape index (κ1) is 14.6. The molecule has 0 fully saturated rings. The Labute approximate surface area is 124 Å². The average Bonchev–Trinajstić information content (AvgIpc) is 2.77. The van der Waals surface area contributed by atoms with E-state index < -0.39 is 0 Å². The largest absolute Gasteiger partial charge is 0.450 e. The number of aryl methyl sites for hydroxylation is 1. The zero-order valence-corrected chi connectivity index (χ0v) is 12.6. The van der Waals surface area contributed by atoms with Crippen molar-refractivity contribution >= 4 is 40.3 Å². The van der Waals surface area contributed by atoms with Crippen LogP contribution in [0, 0.1) is 6.92 Å². The summed E-state index contributed by atoms with van der Waals surface area (Å²) in [6.45, 7) is 6.18. The van der Waals surface area contributed by atoms with E-state index in [1.807, 2.05) is 31.2 Å². The van der Waals surface area contributed by atoms with Gasteiger partial charge in [0.15, 0.2) is 11.4 Å². The number of halogens is 1. The molecule has 20 heavy (non-hydrogen) atoms. The van der Waals surface area contributed by atoms with Gasteiger partial charge in [0.05, 0.1) is 0 Å². The number of nitrogens with one attached hydrogen (secondary N) is 1. The maximum Gasteiger partial charge on any atom is 0.196 e. The number of nitrogens with zero attached hydrogens (tertiary/aromatic N) is 2. The summed E-state index contributed by atoms with van der Waals surface area (Å²) in [6.07, 6.45) is 1.03. The number of hydrogen-bond donors (Lipinski definition) is 1. The third-order valence-corrected chi connectivity index (χ3v) is 3.33. The summed E-state index contributed by atoms with van der Waals surface area (Å²) in [6, 6.07) is 8.30. The van der Waals surface area contributed by atoms with Crippen LogP contribution < -0.4 is 5.32 Å². The Hall–Kier alpha value is -1.81. The highest BCUT2D eigenvalue weighted by Crippen LogP contribution is 2.31. The standard InChI is InChI=1S/C15H17N3O.ClH/c1-4-9(2)16-15-14-13(17-10(3)18-15)11-7-5-6-8-12(11)19-14;/h5-9H,4H2,1-3H3,(H,16,17,18);1H. The molecule has 0 spiro atoms. The van der Waals surface area contributed by atoms with Gasteiger partial charge in [-0.3, -0.25) is 0 Å². The fourth-order valence-corrected chi connectivity index (χ4v) is 2.14. The Kier molecular flexibility index (Phi) is 4.14. The summed E-state index contributed by atoms with van der Waals surface area (Å²) in [5.41, 5.74) is 2.48. The summed E-state index contributed by atoms with van der Waals surface area (Å²) in [5, 5.41) is 4.43. The van der Waals surface area contributed by atoms with Crippen molar-refractivity contribution in [2.45, 2.75) is 33.2 Å². The zero-order valence-electron chi connectivity index (χ0n) is 11.8. The molecule has 4 nitrogen and oxygen atoms in total. The molecule has 3 aromatic rings. The molecule has 0 radical (unpaired) electrons. The van der Waals surface area contributed by atoms with Crippen LogP contribution in [0.4, 0.5) is 5.82 Å². The Morgan fingerprint density at radius 2 is 2.00 bits per heavy atom. The van der Waals surface area contributed by atoms with Crippen LogP contribution in [0.15, 0.2) is 28.7 Å². The van der Waals surface area contributed by atoms with E-state index >= 15 is 0 Å². The van der Waals surface area contributed by atoms with Crippen molar-refractivity contribution in [2.75, 3.05) is 5.32 Å². The molecule has 2 aromatic heterocycles. The smallest absolute Gasteiger partial charge is 0.196 e. The number of rotatable bonds is 3. The third-order valence-electron chi connectivity index (χ3n) is 3.33. The SMILES string of the molecule is CCC(C)Nc1nc(C)nc2c1oc1ccccc12.Cl. The molecule has 1 unspecified atom stereocenters. The maximum absolute atomic E-state index is 5.90. The number of fused-ring (bicyclic) bond motifs is 3. The van der Waals surface area contributed by atoms with Gasteiger partial charge in [0.25, 0.3) is 0 Å². The van der Waals surface area contributed by atoms with Crippen LogP contribution in [0.5, 0.6) is 0 Å². The molecule has 0 aliphatic heterocycles. The number of aromatic nitrogens is 2. The second-order valence-electron chi connectivity index (χ2n) is 4.85. The molecule has 0 saturated heterocycles. The third kappa shape index (κ3) is 2.43. The molecule has 106 valence electrons. The monoisotopic (exact) mass is 291 g/mol. The van der Waals surface area contributed by atoms with Crippen LogP contribution in [0.2, 0.25) is 0 Å². The highest BCUT2D eigenvalue weighted by atomic mass is 35.5. The Balaban J connectivity index is 0.00000147. The first-order valence-electron chi connectivity index (χ1n) is 6.61. The Morgan fingerprint density at radius 3 is 2.75 bits per heavy atom. The maximum atomic E-state index is 5.90. The van der Waals surface area contributed by atoms with E-state index in [2.05, 4.69) is 29.1 Å². The van der Waals surface area contributed by atoms with E-state index in [0.29, 0.717) is 6.04 Å². The van der Waals surface area contributed by atoms with Gasteiger partial charge in [0, 0.05) is 11.4 Å². The van der Waals surface area contributed by atoms with E-state index in [1.54, 1.807) is 0 Å². The summed E-state index contributed by atoms with van der Waals surface area (Å²) >= 11 is 0. The molecular formula is C15H18ClN3O. The van der Waals surface area contributed by atoms with Crippen LogP contribution in [0.25, 0.3) is 22.1 Å². The number of para-hydroxylation sites is 1. The van der Waals surface area contributed by atoms with Gasteiger partial charge in [-0.25, -0.2) is 9.97 Å². The fourth-order valence-electron chi connectivity index (χ4n) is 2.14. The minimum Gasteiger partial charge on any atom is -0.450 e. The number of hydrogen-bond acceptors (Lipinski definition) is 4. The van der Waals surface area contributed by atoms with Gasteiger partial charge in [0.2, 0.25) is 0 Å². The van der Waals surface area contributed by atoms with Crippen molar-refractivity contribution in [3.63, 3.8) is 0 Å². The molecule has 5 heteroatoms. The van der Waals surface area contributed by atoms with Crippen molar-refractivity contribution < 1.29 is 4.42 Å². The van der Waals surface area contributed by atoms with Gasteiger partial charge in [-0.15, -0.1) is 12.4 Å².